The molecule has 0 saturated heterocycles. The highest BCUT2D eigenvalue weighted by Crippen LogP contribution is 2.38. The first-order valence-electron chi connectivity index (χ1n) is 9.63. The molecule has 1 heterocycles. The Morgan fingerprint density at radius 2 is 1.93 bits per heavy atom. The van der Waals surface area contributed by atoms with E-state index in [-0.39, 0.29) is 17.7 Å². The number of hydrogen-bond acceptors (Lipinski definition) is 5. The SMILES string of the molecule is CCOc1cc(/C=C2\N=C(c3ccc(C)cc3)OC2=O)cc(Cl)c1OC(C)CC. The van der Waals surface area contributed by atoms with Gasteiger partial charge >= 0.3 is 5.97 Å². The van der Waals surface area contributed by atoms with E-state index in [1.165, 1.54) is 0 Å². The zero-order valence-electron chi connectivity index (χ0n) is 17.0. The minimum atomic E-state index is -0.505. The first-order valence-corrected chi connectivity index (χ1v) is 10.0. The third-order valence-corrected chi connectivity index (χ3v) is 4.73. The van der Waals surface area contributed by atoms with E-state index in [1.807, 2.05) is 52.0 Å². The molecule has 0 saturated carbocycles. The average molecular weight is 414 g/mol. The summed E-state index contributed by atoms with van der Waals surface area (Å²) in [6.07, 6.45) is 2.48. The summed E-state index contributed by atoms with van der Waals surface area (Å²) in [5, 5.41) is 0.414. The monoisotopic (exact) mass is 413 g/mol. The fraction of sp³-hybridized carbons (Fsp3) is 0.304. The quantitative estimate of drug-likeness (QED) is 0.440. The van der Waals surface area contributed by atoms with E-state index in [4.69, 9.17) is 25.8 Å². The molecule has 1 aliphatic rings. The van der Waals surface area contributed by atoms with Crippen LogP contribution in [0.4, 0.5) is 0 Å². The van der Waals surface area contributed by atoms with Gasteiger partial charge in [0.15, 0.2) is 17.2 Å². The molecular formula is C23H24ClNO4. The highest BCUT2D eigenvalue weighted by atomic mass is 35.5. The van der Waals surface area contributed by atoms with Crippen LogP contribution >= 0.6 is 11.6 Å². The van der Waals surface area contributed by atoms with Crippen LogP contribution in [-0.4, -0.2) is 24.6 Å². The Labute approximate surface area is 176 Å². The molecule has 152 valence electrons. The van der Waals surface area contributed by atoms with Crippen LogP contribution in [0.15, 0.2) is 47.1 Å². The molecule has 0 N–H and O–H groups in total. The maximum atomic E-state index is 12.3. The molecular weight excluding hydrogens is 390 g/mol. The van der Waals surface area contributed by atoms with Crippen molar-refractivity contribution in [3.63, 3.8) is 0 Å². The topological polar surface area (TPSA) is 57.1 Å². The van der Waals surface area contributed by atoms with Crippen molar-refractivity contribution in [2.24, 2.45) is 4.99 Å². The van der Waals surface area contributed by atoms with Crippen molar-refractivity contribution in [3.8, 4) is 11.5 Å². The maximum absolute atomic E-state index is 12.3. The molecule has 0 aliphatic carbocycles. The number of aryl methyl sites for hydroxylation is 1. The Bertz CT molecular complexity index is 964. The summed E-state index contributed by atoms with van der Waals surface area (Å²) < 4.78 is 16.9. The predicted molar refractivity (Wildman–Crippen MR) is 115 cm³/mol. The van der Waals surface area contributed by atoms with Crippen LogP contribution in [0.3, 0.4) is 0 Å². The number of ether oxygens (including phenoxy) is 3. The van der Waals surface area contributed by atoms with E-state index in [9.17, 15) is 4.79 Å². The molecule has 0 fully saturated rings. The Hall–Kier alpha value is -2.79. The van der Waals surface area contributed by atoms with Gasteiger partial charge in [-0.15, -0.1) is 0 Å². The maximum Gasteiger partial charge on any atom is 0.363 e. The van der Waals surface area contributed by atoms with Gasteiger partial charge < -0.3 is 14.2 Å². The molecule has 1 aliphatic heterocycles. The van der Waals surface area contributed by atoms with Crippen LogP contribution in [0.25, 0.3) is 6.08 Å². The molecule has 6 heteroatoms. The van der Waals surface area contributed by atoms with Crippen LogP contribution in [0.1, 0.15) is 43.9 Å². The van der Waals surface area contributed by atoms with E-state index in [0.29, 0.717) is 28.7 Å². The lowest BCUT2D eigenvalue weighted by molar-refractivity contribution is -0.129. The van der Waals surface area contributed by atoms with E-state index in [1.54, 1.807) is 18.2 Å². The lowest BCUT2D eigenvalue weighted by Gasteiger charge is -2.18. The number of esters is 1. The minimum Gasteiger partial charge on any atom is -0.490 e. The smallest absolute Gasteiger partial charge is 0.363 e. The zero-order chi connectivity index (χ0) is 21.0. The normalized spacial score (nSPS) is 15.8. The van der Waals surface area contributed by atoms with Crippen LogP contribution in [0, 0.1) is 6.92 Å². The molecule has 0 aromatic heterocycles. The molecule has 3 rings (SSSR count). The predicted octanol–water partition coefficient (Wildman–Crippen LogP) is 5.57. The first-order chi connectivity index (χ1) is 13.9. The number of nitrogens with zero attached hydrogens (tertiary/aromatic N) is 1. The summed E-state index contributed by atoms with van der Waals surface area (Å²) in [7, 11) is 0. The number of rotatable bonds is 7. The van der Waals surface area contributed by atoms with E-state index >= 15 is 0 Å². The summed E-state index contributed by atoms with van der Waals surface area (Å²) in [6, 6.07) is 11.1. The molecule has 0 amide bonds. The fourth-order valence-electron chi connectivity index (χ4n) is 2.72. The number of hydrogen-bond donors (Lipinski definition) is 0. The van der Waals surface area contributed by atoms with Crippen molar-refractivity contribution < 1.29 is 19.0 Å². The summed E-state index contributed by atoms with van der Waals surface area (Å²) in [4.78, 5) is 16.6. The van der Waals surface area contributed by atoms with Gasteiger partial charge in [0.25, 0.3) is 0 Å². The molecule has 0 spiro atoms. The van der Waals surface area contributed by atoms with E-state index < -0.39 is 5.97 Å². The van der Waals surface area contributed by atoms with Crippen LogP contribution in [-0.2, 0) is 9.53 Å². The van der Waals surface area contributed by atoms with Crippen molar-refractivity contribution >= 4 is 29.5 Å². The van der Waals surface area contributed by atoms with Crippen molar-refractivity contribution in [1.29, 1.82) is 0 Å². The van der Waals surface area contributed by atoms with Crippen LogP contribution in [0.2, 0.25) is 5.02 Å². The second-order valence-electron chi connectivity index (χ2n) is 6.80. The highest BCUT2D eigenvalue weighted by molar-refractivity contribution is 6.32. The largest absolute Gasteiger partial charge is 0.490 e. The molecule has 1 atom stereocenters. The van der Waals surface area contributed by atoms with Gasteiger partial charge in [0, 0.05) is 5.56 Å². The Balaban J connectivity index is 1.94. The molecule has 0 radical (unpaired) electrons. The van der Waals surface area contributed by atoms with Crippen LogP contribution in [0.5, 0.6) is 11.5 Å². The van der Waals surface area contributed by atoms with Gasteiger partial charge in [-0.2, -0.15) is 0 Å². The third-order valence-electron chi connectivity index (χ3n) is 4.45. The molecule has 2 aromatic carbocycles. The van der Waals surface area contributed by atoms with Gasteiger partial charge in [0.05, 0.1) is 17.7 Å². The van der Waals surface area contributed by atoms with Crippen molar-refractivity contribution in [1.82, 2.24) is 0 Å². The lowest BCUT2D eigenvalue weighted by Crippen LogP contribution is -2.11. The second-order valence-corrected chi connectivity index (χ2v) is 7.21. The molecule has 5 nitrogen and oxygen atoms in total. The van der Waals surface area contributed by atoms with Gasteiger partial charge in [-0.25, -0.2) is 9.79 Å². The van der Waals surface area contributed by atoms with Crippen molar-refractivity contribution in [2.75, 3.05) is 6.61 Å². The summed E-state index contributed by atoms with van der Waals surface area (Å²) in [6.45, 7) is 8.35. The number of carbonyl (C=O) groups is 1. The van der Waals surface area contributed by atoms with E-state index in [0.717, 1.165) is 17.5 Å². The molecule has 29 heavy (non-hydrogen) atoms. The summed E-state index contributed by atoms with van der Waals surface area (Å²) >= 11 is 6.45. The van der Waals surface area contributed by atoms with Gasteiger partial charge in [-0.3, -0.25) is 0 Å². The zero-order valence-corrected chi connectivity index (χ0v) is 17.7. The number of halogens is 1. The van der Waals surface area contributed by atoms with Crippen LogP contribution < -0.4 is 9.47 Å². The summed E-state index contributed by atoms with van der Waals surface area (Å²) in [5.41, 5.74) is 2.75. The minimum absolute atomic E-state index is 0.00221. The Kier molecular flexibility index (Phi) is 6.60. The standard InChI is InChI=1S/C23H24ClNO4/c1-5-15(4)28-21-18(24)11-16(13-20(21)27-6-2)12-19-23(26)29-22(25-19)17-9-7-14(3)8-10-17/h7-13,15H,5-6H2,1-4H3/b19-12-. The molecule has 0 bridgehead atoms. The first kappa shape index (κ1) is 20.9. The summed E-state index contributed by atoms with van der Waals surface area (Å²) in [5.74, 6) is 0.813. The Morgan fingerprint density at radius 1 is 1.21 bits per heavy atom. The van der Waals surface area contributed by atoms with E-state index in [2.05, 4.69) is 4.99 Å². The highest BCUT2D eigenvalue weighted by Gasteiger charge is 2.24. The van der Waals surface area contributed by atoms with Gasteiger partial charge in [-0.1, -0.05) is 36.2 Å². The van der Waals surface area contributed by atoms with Crippen molar-refractivity contribution in [2.45, 2.75) is 40.2 Å². The van der Waals surface area contributed by atoms with Gasteiger partial charge in [0.1, 0.15) is 0 Å². The second kappa shape index (κ2) is 9.14. The lowest BCUT2D eigenvalue weighted by atomic mass is 10.1. The number of aliphatic imine (C=N–C) groups is 1. The average Bonchev–Trinajstić information content (AvgIpc) is 3.05. The van der Waals surface area contributed by atoms with Gasteiger partial charge in [0.2, 0.25) is 5.90 Å². The fourth-order valence-corrected chi connectivity index (χ4v) is 2.98. The number of cyclic esters (lactones) is 1. The number of benzene rings is 2. The molecule has 1 unspecified atom stereocenters. The van der Waals surface area contributed by atoms with Crippen molar-refractivity contribution in [3.05, 3.63) is 63.8 Å². The third kappa shape index (κ3) is 4.98. The Morgan fingerprint density at radius 3 is 2.59 bits per heavy atom. The number of carbonyl (C=O) groups excluding carboxylic acids is 1. The molecule has 2 aromatic rings. The van der Waals surface area contributed by atoms with Gasteiger partial charge in [-0.05, 0) is 63.1 Å².